The van der Waals surface area contributed by atoms with Gasteiger partial charge in [-0.2, -0.15) is 0 Å². The first-order chi connectivity index (χ1) is 10.8. The summed E-state index contributed by atoms with van der Waals surface area (Å²) in [6.07, 6.45) is 4.82. The van der Waals surface area contributed by atoms with Crippen molar-refractivity contribution in [1.82, 2.24) is 10.2 Å². The molecule has 1 aromatic rings. The molecule has 0 aromatic heterocycles. The van der Waals surface area contributed by atoms with Crippen LogP contribution in [0.2, 0.25) is 0 Å². The van der Waals surface area contributed by atoms with Crippen molar-refractivity contribution >= 4 is 6.03 Å². The van der Waals surface area contributed by atoms with Crippen LogP contribution in [0.5, 0.6) is 0 Å². The van der Waals surface area contributed by atoms with Gasteiger partial charge in [-0.05, 0) is 30.7 Å². The van der Waals surface area contributed by atoms with Gasteiger partial charge in [0, 0.05) is 32.7 Å². The van der Waals surface area contributed by atoms with Gasteiger partial charge in [0.15, 0.2) is 0 Å². The molecule has 1 aromatic carbocycles. The molecule has 0 radical (unpaired) electrons. The maximum atomic E-state index is 12.3. The largest absolute Gasteiger partial charge is 0.381 e. The number of carbonyl (C=O) groups excluding carboxylic acids is 1. The lowest BCUT2D eigenvalue weighted by Crippen LogP contribution is -2.40. The van der Waals surface area contributed by atoms with Crippen LogP contribution >= 0.6 is 0 Å². The third kappa shape index (κ3) is 3.43. The van der Waals surface area contributed by atoms with E-state index in [4.69, 9.17) is 4.74 Å². The Hall–Kier alpha value is -1.55. The number of nitrogens with zero attached hydrogens (tertiary/aromatic N) is 1. The normalized spacial score (nSPS) is 27.5. The molecule has 1 aliphatic carbocycles. The predicted octanol–water partition coefficient (Wildman–Crippen LogP) is 2.69. The Bertz CT molecular complexity index is 491. The van der Waals surface area contributed by atoms with Crippen molar-refractivity contribution in [2.75, 3.05) is 26.7 Å². The fourth-order valence-corrected chi connectivity index (χ4v) is 3.95. The summed E-state index contributed by atoms with van der Waals surface area (Å²) in [5.41, 5.74) is 1.26. The zero-order valence-electron chi connectivity index (χ0n) is 13.3. The molecule has 22 heavy (non-hydrogen) atoms. The quantitative estimate of drug-likeness (QED) is 0.929. The van der Waals surface area contributed by atoms with Gasteiger partial charge in [-0.15, -0.1) is 0 Å². The molecule has 2 amide bonds. The Morgan fingerprint density at radius 3 is 2.86 bits per heavy atom. The molecule has 4 heteroatoms. The predicted molar refractivity (Wildman–Crippen MR) is 86.7 cm³/mol. The van der Waals surface area contributed by atoms with E-state index in [9.17, 15) is 4.79 Å². The lowest BCUT2D eigenvalue weighted by molar-refractivity contribution is 0.0130. The number of nitrogens with one attached hydrogen (secondary N) is 1. The van der Waals surface area contributed by atoms with Crippen molar-refractivity contribution < 1.29 is 9.53 Å². The first-order valence-electron chi connectivity index (χ1n) is 8.37. The van der Waals surface area contributed by atoms with Gasteiger partial charge in [-0.1, -0.05) is 36.8 Å². The standard InChI is InChI=1S/C18H26N2O2/c1-22-17-9-5-8-15-12-20(13-16(15)17)18(21)19-11-10-14-6-3-2-4-7-14/h2-4,6-7,15-17H,5,8-13H2,1H3,(H,19,21)/t15-,16+,17-/m1/s1. The van der Waals surface area contributed by atoms with E-state index in [1.165, 1.54) is 18.4 Å². The summed E-state index contributed by atoms with van der Waals surface area (Å²) < 4.78 is 5.61. The van der Waals surface area contributed by atoms with Gasteiger partial charge in [-0.25, -0.2) is 4.79 Å². The Morgan fingerprint density at radius 2 is 2.09 bits per heavy atom. The number of hydrogen-bond acceptors (Lipinski definition) is 2. The highest BCUT2D eigenvalue weighted by atomic mass is 16.5. The number of likely N-dealkylation sites (tertiary alicyclic amines) is 1. The fraction of sp³-hybridized carbons (Fsp3) is 0.611. The maximum absolute atomic E-state index is 12.3. The lowest BCUT2D eigenvalue weighted by atomic mass is 9.79. The zero-order valence-corrected chi connectivity index (χ0v) is 13.3. The molecule has 1 heterocycles. The van der Waals surface area contributed by atoms with Crippen LogP contribution in [0.4, 0.5) is 4.79 Å². The third-order valence-electron chi connectivity index (χ3n) is 5.16. The molecular weight excluding hydrogens is 276 g/mol. The highest BCUT2D eigenvalue weighted by Crippen LogP contribution is 2.37. The minimum absolute atomic E-state index is 0.0835. The van der Waals surface area contributed by atoms with Crippen molar-refractivity contribution in [1.29, 1.82) is 0 Å². The molecule has 1 aliphatic heterocycles. The zero-order chi connectivity index (χ0) is 15.4. The number of carbonyl (C=O) groups is 1. The molecule has 2 fully saturated rings. The summed E-state index contributed by atoms with van der Waals surface area (Å²) in [6, 6.07) is 10.4. The van der Waals surface area contributed by atoms with Gasteiger partial charge in [0.05, 0.1) is 6.10 Å². The van der Waals surface area contributed by atoms with Crippen molar-refractivity contribution in [3.8, 4) is 0 Å². The van der Waals surface area contributed by atoms with Gasteiger partial charge in [0.2, 0.25) is 0 Å². The number of fused-ring (bicyclic) bond motifs is 1. The number of methoxy groups -OCH3 is 1. The maximum Gasteiger partial charge on any atom is 0.317 e. The van der Waals surface area contributed by atoms with Gasteiger partial charge < -0.3 is 15.0 Å². The van der Waals surface area contributed by atoms with Crippen LogP contribution in [-0.2, 0) is 11.2 Å². The van der Waals surface area contributed by atoms with E-state index < -0.39 is 0 Å². The number of rotatable bonds is 4. The molecule has 1 saturated carbocycles. The first-order valence-corrected chi connectivity index (χ1v) is 8.37. The minimum atomic E-state index is 0.0835. The Labute approximate surface area is 132 Å². The van der Waals surface area contributed by atoms with Gasteiger partial charge >= 0.3 is 6.03 Å². The summed E-state index contributed by atoms with van der Waals surface area (Å²) in [5.74, 6) is 1.15. The van der Waals surface area contributed by atoms with Crippen molar-refractivity contribution in [2.45, 2.75) is 31.8 Å². The number of hydrogen-bond donors (Lipinski definition) is 1. The molecule has 4 nitrogen and oxygen atoms in total. The van der Waals surface area contributed by atoms with Crippen molar-refractivity contribution in [2.24, 2.45) is 11.8 Å². The van der Waals surface area contributed by atoms with Gasteiger partial charge in [-0.3, -0.25) is 0 Å². The molecule has 120 valence electrons. The Kier molecular flexibility index (Phi) is 4.98. The van der Waals surface area contributed by atoms with Crippen LogP contribution < -0.4 is 5.32 Å². The molecule has 1 N–H and O–H groups in total. The second-order valence-corrected chi connectivity index (χ2v) is 6.50. The molecule has 0 bridgehead atoms. The third-order valence-corrected chi connectivity index (χ3v) is 5.16. The van der Waals surface area contributed by atoms with E-state index in [-0.39, 0.29) is 6.03 Å². The Morgan fingerprint density at radius 1 is 1.27 bits per heavy atom. The number of amides is 2. The van der Waals surface area contributed by atoms with Crippen molar-refractivity contribution in [3.05, 3.63) is 35.9 Å². The van der Waals surface area contributed by atoms with Crippen LogP contribution in [-0.4, -0.2) is 43.8 Å². The summed E-state index contributed by atoms with van der Waals surface area (Å²) in [5, 5.41) is 3.06. The molecule has 0 unspecified atom stereocenters. The molecule has 3 rings (SSSR count). The minimum Gasteiger partial charge on any atom is -0.381 e. The van der Waals surface area contributed by atoms with Gasteiger partial charge in [0.25, 0.3) is 0 Å². The molecule has 1 saturated heterocycles. The summed E-state index contributed by atoms with van der Waals surface area (Å²) in [4.78, 5) is 14.3. The number of benzene rings is 1. The molecule has 3 atom stereocenters. The first kappa shape index (κ1) is 15.3. The van der Waals surface area contributed by atoms with Crippen LogP contribution in [0, 0.1) is 11.8 Å². The van der Waals surface area contributed by atoms with Crippen LogP contribution in [0.3, 0.4) is 0 Å². The number of ether oxygens (including phenoxy) is 1. The average molecular weight is 302 g/mol. The summed E-state index contributed by atoms with van der Waals surface area (Å²) >= 11 is 0. The van der Waals surface area contributed by atoms with E-state index >= 15 is 0 Å². The summed E-state index contributed by atoms with van der Waals surface area (Å²) in [6.45, 7) is 2.43. The highest BCUT2D eigenvalue weighted by Gasteiger charge is 2.41. The van der Waals surface area contributed by atoms with E-state index in [1.807, 2.05) is 23.1 Å². The fourth-order valence-electron chi connectivity index (χ4n) is 3.95. The number of urea groups is 1. The molecule has 2 aliphatic rings. The average Bonchev–Trinajstić information content (AvgIpc) is 3.00. The monoisotopic (exact) mass is 302 g/mol. The van der Waals surface area contributed by atoms with Crippen molar-refractivity contribution in [3.63, 3.8) is 0 Å². The van der Waals surface area contributed by atoms with Gasteiger partial charge in [0.1, 0.15) is 0 Å². The van der Waals surface area contributed by atoms with Crippen LogP contribution in [0.15, 0.2) is 30.3 Å². The second kappa shape index (κ2) is 7.14. The second-order valence-electron chi connectivity index (χ2n) is 6.50. The van der Waals surface area contributed by atoms with E-state index in [1.54, 1.807) is 7.11 Å². The SMILES string of the molecule is CO[C@@H]1CCC[C@@H]2CN(C(=O)NCCc3ccccc3)C[C@@H]21. The summed E-state index contributed by atoms with van der Waals surface area (Å²) in [7, 11) is 1.80. The Balaban J connectivity index is 1.47. The molecular formula is C18H26N2O2. The van der Waals surface area contributed by atoms with E-state index in [0.717, 1.165) is 25.9 Å². The lowest BCUT2D eigenvalue weighted by Gasteiger charge is -2.31. The van der Waals surface area contributed by atoms with Crippen LogP contribution in [0.1, 0.15) is 24.8 Å². The molecule has 0 spiro atoms. The van der Waals surface area contributed by atoms with Crippen LogP contribution in [0.25, 0.3) is 0 Å². The highest BCUT2D eigenvalue weighted by molar-refractivity contribution is 5.74. The topological polar surface area (TPSA) is 41.6 Å². The smallest absolute Gasteiger partial charge is 0.317 e. The van der Waals surface area contributed by atoms with E-state index in [2.05, 4.69) is 17.4 Å². The van der Waals surface area contributed by atoms with E-state index in [0.29, 0.717) is 24.5 Å².